The number of hydrogen-bond acceptors (Lipinski definition) is 5. The van der Waals surface area contributed by atoms with Crippen molar-refractivity contribution in [2.45, 2.75) is 35.6 Å². The standard InChI is InChI=1S/C19H17NO5S/c1-12(21)25-17-16-11-13-7-5-6-10-15(13)20(16)19(22)18(17)26(23,24)14-8-3-2-4-9-14/h2-10,16-18H,11H2,1H3. The molecule has 6 nitrogen and oxygen atoms in total. The summed E-state index contributed by atoms with van der Waals surface area (Å²) in [7, 11) is -4.00. The fourth-order valence-electron chi connectivity index (χ4n) is 3.84. The van der Waals surface area contributed by atoms with E-state index in [2.05, 4.69) is 0 Å². The van der Waals surface area contributed by atoms with Crippen LogP contribution in [0.25, 0.3) is 0 Å². The van der Waals surface area contributed by atoms with Crippen molar-refractivity contribution in [3.05, 3.63) is 60.2 Å². The Morgan fingerprint density at radius 3 is 2.42 bits per heavy atom. The second kappa shape index (κ2) is 5.95. The van der Waals surface area contributed by atoms with Gasteiger partial charge in [-0.05, 0) is 30.2 Å². The van der Waals surface area contributed by atoms with E-state index in [1.54, 1.807) is 30.3 Å². The molecule has 2 heterocycles. The molecule has 0 aliphatic carbocycles. The molecule has 1 amide bonds. The van der Waals surface area contributed by atoms with Crippen molar-refractivity contribution >= 4 is 27.4 Å². The van der Waals surface area contributed by atoms with Crippen LogP contribution in [-0.4, -0.2) is 37.7 Å². The van der Waals surface area contributed by atoms with Gasteiger partial charge in [-0.3, -0.25) is 9.59 Å². The van der Waals surface area contributed by atoms with Crippen molar-refractivity contribution in [3.8, 4) is 0 Å². The third-order valence-corrected chi connectivity index (χ3v) is 6.95. The lowest BCUT2D eigenvalue weighted by Gasteiger charge is -2.21. The summed E-state index contributed by atoms with van der Waals surface area (Å²) in [5, 5.41) is -1.44. The van der Waals surface area contributed by atoms with Crippen LogP contribution in [0.3, 0.4) is 0 Å². The Hall–Kier alpha value is -2.67. The quantitative estimate of drug-likeness (QED) is 0.768. The second-order valence-electron chi connectivity index (χ2n) is 6.46. The summed E-state index contributed by atoms with van der Waals surface area (Å²) in [5.41, 5.74) is 1.63. The van der Waals surface area contributed by atoms with Crippen LogP contribution in [0.2, 0.25) is 0 Å². The molecule has 134 valence electrons. The average Bonchev–Trinajstić information content (AvgIpc) is 3.12. The molecule has 0 aromatic heterocycles. The lowest BCUT2D eigenvalue weighted by atomic mass is 10.1. The fraction of sp³-hybridized carbons (Fsp3) is 0.263. The molecule has 3 unspecified atom stereocenters. The number of nitrogens with zero attached hydrogens (tertiary/aromatic N) is 1. The van der Waals surface area contributed by atoms with E-state index in [0.717, 1.165) is 5.56 Å². The number of ether oxygens (including phenoxy) is 1. The topological polar surface area (TPSA) is 80.8 Å². The van der Waals surface area contributed by atoms with Crippen molar-refractivity contribution in [1.82, 2.24) is 0 Å². The maximum absolute atomic E-state index is 13.1. The van der Waals surface area contributed by atoms with Crippen molar-refractivity contribution in [1.29, 1.82) is 0 Å². The maximum atomic E-state index is 13.1. The first kappa shape index (κ1) is 16.8. The van der Waals surface area contributed by atoms with Gasteiger partial charge >= 0.3 is 5.97 Å². The number of amides is 1. The zero-order valence-electron chi connectivity index (χ0n) is 14.0. The van der Waals surface area contributed by atoms with E-state index < -0.39 is 39.1 Å². The molecule has 1 fully saturated rings. The highest BCUT2D eigenvalue weighted by atomic mass is 32.2. The Morgan fingerprint density at radius 2 is 1.73 bits per heavy atom. The molecule has 0 saturated carbocycles. The molecule has 2 aliphatic rings. The molecule has 26 heavy (non-hydrogen) atoms. The molecule has 3 atom stereocenters. The van der Waals surface area contributed by atoms with E-state index in [1.807, 2.05) is 12.1 Å². The number of hydrogen-bond donors (Lipinski definition) is 0. The van der Waals surface area contributed by atoms with E-state index in [1.165, 1.54) is 24.0 Å². The number of benzene rings is 2. The average molecular weight is 371 g/mol. The molecule has 0 spiro atoms. The van der Waals surface area contributed by atoms with Gasteiger partial charge < -0.3 is 9.64 Å². The van der Waals surface area contributed by atoms with Gasteiger partial charge in [-0.1, -0.05) is 36.4 Å². The van der Waals surface area contributed by atoms with E-state index in [-0.39, 0.29) is 4.90 Å². The van der Waals surface area contributed by atoms with Crippen LogP contribution in [0.15, 0.2) is 59.5 Å². The highest BCUT2D eigenvalue weighted by Gasteiger charge is 2.59. The number of sulfone groups is 1. The zero-order chi connectivity index (χ0) is 18.5. The van der Waals surface area contributed by atoms with Crippen LogP contribution in [0.4, 0.5) is 5.69 Å². The Labute approximate surface area is 151 Å². The SMILES string of the molecule is CC(=O)OC1C2Cc3ccccc3N2C(=O)C1S(=O)(=O)c1ccccc1. The smallest absolute Gasteiger partial charge is 0.303 e. The molecule has 0 N–H and O–H groups in total. The van der Waals surface area contributed by atoms with Crippen LogP contribution in [0.5, 0.6) is 0 Å². The van der Waals surface area contributed by atoms with Crippen LogP contribution in [-0.2, 0) is 30.6 Å². The number of fused-ring (bicyclic) bond motifs is 3. The van der Waals surface area contributed by atoms with Gasteiger partial charge in [0.05, 0.1) is 10.9 Å². The predicted molar refractivity (Wildman–Crippen MR) is 94.4 cm³/mol. The van der Waals surface area contributed by atoms with Crippen LogP contribution in [0.1, 0.15) is 12.5 Å². The van der Waals surface area contributed by atoms with E-state index in [9.17, 15) is 18.0 Å². The highest BCUT2D eigenvalue weighted by molar-refractivity contribution is 7.93. The van der Waals surface area contributed by atoms with Gasteiger partial charge in [0.25, 0.3) is 0 Å². The minimum atomic E-state index is -4.00. The Kier molecular flexibility index (Phi) is 3.84. The van der Waals surface area contributed by atoms with Gasteiger partial charge in [-0.25, -0.2) is 8.42 Å². The number of carbonyl (C=O) groups is 2. The Balaban J connectivity index is 1.82. The summed E-state index contributed by atoms with van der Waals surface area (Å²) in [6, 6.07) is 14.6. The van der Waals surface area contributed by atoms with Gasteiger partial charge in [0.15, 0.2) is 15.1 Å². The van der Waals surface area contributed by atoms with Gasteiger partial charge in [-0.2, -0.15) is 0 Å². The molecule has 0 radical (unpaired) electrons. The summed E-state index contributed by atoms with van der Waals surface area (Å²) in [4.78, 5) is 26.3. The highest BCUT2D eigenvalue weighted by Crippen LogP contribution is 2.42. The molecule has 2 aromatic rings. The normalized spacial score (nSPS) is 24.3. The van der Waals surface area contributed by atoms with Crippen LogP contribution < -0.4 is 4.90 Å². The number of carbonyl (C=O) groups excluding carboxylic acids is 2. The molecule has 4 rings (SSSR count). The third kappa shape index (κ3) is 2.42. The summed E-state index contributed by atoms with van der Waals surface area (Å²) < 4.78 is 31.6. The van der Waals surface area contributed by atoms with Crippen molar-refractivity contribution in [2.24, 2.45) is 0 Å². The molecule has 0 bridgehead atoms. The summed E-state index contributed by atoms with van der Waals surface area (Å²) in [6.07, 6.45) is -0.585. The van der Waals surface area contributed by atoms with Gasteiger partial charge in [0.2, 0.25) is 5.91 Å². The molecule has 2 aliphatic heterocycles. The minimum Gasteiger partial charge on any atom is -0.458 e. The molecule has 7 heteroatoms. The van der Waals surface area contributed by atoms with Crippen molar-refractivity contribution in [2.75, 3.05) is 4.90 Å². The lowest BCUT2D eigenvalue weighted by molar-refractivity contribution is -0.146. The van der Waals surface area contributed by atoms with Crippen molar-refractivity contribution < 1.29 is 22.7 Å². The first-order valence-corrected chi connectivity index (χ1v) is 9.83. The Bertz CT molecular complexity index is 986. The molecular formula is C19H17NO5S. The first-order chi connectivity index (χ1) is 12.4. The third-order valence-electron chi connectivity index (χ3n) is 4.88. The zero-order valence-corrected chi connectivity index (χ0v) is 14.8. The van der Waals surface area contributed by atoms with E-state index >= 15 is 0 Å². The largest absolute Gasteiger partial charge is 0.458 e. The van der Waals surface area contributed by atoms with Crippen LogP contribution >= 0.6 is 0 Å². The van der Waals surface area contributed by atoms with Gasteiger partial charge in [0.1, 0.15) is 6.10 Å². The first-order valence-electron chi connectivity index (χ1n) is 8.28. The number of anilines is 1. The summed E-state index contributed by atoms with van der Waals surface area (Å²) >= 11 is 0. The number of para-hydroxylation sites is 1. The molecule has 2 aromatic carbocycles. The lowest BCUT2D eigenvalue weighted by Crippen LogP contribution is -2.41. The second-order valence-corrected chi connectivity index (χ2v) is 8.53. The summed E-state index contributed by atoms with van der Waals surface area (Å²) in [6.45, 7) is 1.22. The summed E-state index contributed by atoms with van der Waals surface area (Å²) in [5.74, 6) is -1.15. The minimum absolute atomic E-state index is 0.0463. The number of rotatable bonds is 3. The van der Waals surface area contributed by atoms with Gasteiger partial charge in [0, 0.05) is 12.6 Å². The monoisotopic (exact) mass is 371 g/mol. The van der Waals surface area contributed by atoms with E-state index in [0.29, 0.717) is 12.1 Å². The molecule has 1 saturated heterocycles. The fourth-order valence-corrected chi connectivity index (χ4v) is 5.64. The van der Waals surface area contributed by atoms with E-state index in [4.69, 9.17) is 4.74 Å². The maximum Gasteiger partial charge on any atom is 0.303 e. The Morgan fingerprint density at radius 1 is 1.08 bits per heavy atom. The predicted octanol–water partition coefficient (Wildman–Crippen LogP) is 1.73. The number of esters is 1. The molecular weight excluding hydrogens is 354 g/mol. The van der Waals surface area contributed by atoms with Crippen LogP contribution in [0, 0.1) is 0 Å². The van der Waals surface area contributed by atoms with Gasteiger partial charge in [-0.15, -0.1) is 0 Å². The van der Waals surface area contributed by atoms with Crippen molar-refractivity contribution in [3.63, 3.8) is 0 Å².